The molecule has 33 heavy (non-hydrogen) atoms. The summed E-state index contributed by atoms with van der Waals surface area (Å²) < 4.78 is 5.38. The Bertz CT molecular complexity index is 1190. The van der Waals surface area contributed by atoms with E-state index in [4.69, 9.17) is 4.74 Å². The third-order valence-corrected chi connectivity index (χ3v) is 6.84. The molecule has 1 aromatic heterocycles. The first kappa shape index (κ1) is 21.2. The Morgan fingerprint density at radius 3 is 2.39 bits per heavy atom. The highest BCUT2D eigenvalue weighted by Gasteiger charge is 2.29. The molecular formula is C26H27N3O4. The van der Waals surface area contributed by atoms with Gasteiger partial charge < -0.3 is 14.6 Å². The highest BCUT2D eigenvalue weighted by Crippen LogP contribution is 2.35. The number of aromatic nitrogens is 1. The normalized spacial score (nSPS) is 17.2. The number of aromatic amines is 1. The van der Waals surface area contributed by atoms with Crippen LogP contribution in [0.2, 0.25) is 0 Å². The second-order valence-electron chi connectivity index (χ2n) is 8.79. The van der Waals surface area contributed by atoms with E-state index in [-0.39, 0.29) is 37.1 Å². The molecule has 3 amide bonds. The summed E-state index contributed by atoms with van der Waals surface area (Å²) in [6.07, 6.45) is 4.48. The lowest BCUT2D eigenvalue weighted by molar-refractivity contribution is -0.139. The minimum atomic E-state index is -0.128. The van der Waals surface area contributed by atoms with Gasteiger partial charge in [0.1, 0.15) is 5.75 Å². The van der Waals surface area contributed by atoms with E-state index in [0.717, 1.165) is 29.7 Å². The molecule has 3 heterocycles. The molecule has 0 bridgehead atoms. The quantitative estimate of drug-likeness (QED) is 0.605. The molecular weight excluding hydrogens is 418 g/mol. The molecule has 7 nitrogen and oxygen atoms in total. The topological polar surface area (TPSA) is 82.7 Å². The minimum absolute atomic E-state index is 0.0221. The van der Waals surface area contributed by atoms with Crippen molar-refractivity contribution in [2.24, 2.45) is 0 Å². The van der Waals surface area contributed by atoms with Gasteiger partial charge in [-0.15, -0.1) is 0 Å². The minimum Gasteiger partial charge on any atom is -0.497 e. The molecule has 2 fully saturated rings. The van der Waals surface area contributed by atoms with Crippen molar-refractivity contribution in [1.82, 2.24) is 14.8 Å². The Morgan fingerprint density at radius 2 is 1.73 bits per heavy atom. The van der Waals surface area contributed by atoms with Gasteiger partial charge in [-0.3, -0.25) is 19.3 Å². The van der Waals surface area contributed by atoms with Crippen LogP contribution in [0.1, 0.15) is 53.1 Å². The zero-order chi connectivity index (χ0) is 22.9. The molecule has 2 aromatic carbocycles. The molecule has 0 aliphatic carbocycles. The lowest BCUT2D eigenvalue weighted by atomic mass is 9.89. The van der Waals surface area contributed by atoms with E-state index in [0.29, 0.717) is 24.6 Å². The number of piperidine rings is 1. The molecule has 5 rings (SSSR count). The summed E-state index contributed by atoms with van der Waals surface area (Å²) >= 11 is 0. The number of amides is 3. The number of hydrogen-bond donors (Lipinski definition) is 1. The highest BCUT2D eigenvalue weighted by molar-refractivity contribution is 6.01. The van der Waals surface area contributed by atoms with Crippen molar-refractivity contribution in [3.63, 3.8) is 0 Å². The first-order valence-corrected chi connectivity index (χ1v) is 11.4. The van der Waals surface area contributed by atoms with Gasteiger partial charge in [0.05, 0.1) is 13.7 Å². The summed E-state index contributed by atoms with van der Waals surface area (Å²) in [5, 5.41) is 1.18. The van der Waals surface area contributed by atoms with Crippen LogP contribution in [0, 0.1) is 0 Å². The van der Waals surface area contributed by atoms with Crippen LogP contribution in [-0.4, -0.2) is 52.7 Å². The number of likely N-dealkylation sites (tertiary alicyclic amines) is 2. The monoisotopic (exact) mass is 445 g/mol. The van der Waals surface area contributed by atoms with Gasteiger partial charge in [0, 0.05) is 48.6 Å². The number of nitrogens with zero attached hydrogens (tertiary/aromatic N) is 2. The number of H-pyrrole nitrogens is 1. The second-order valence-corrected chi connectivity index (χ2v) is 8.79. The van der Waals surface area contributed by atoms with E-state index >= 15 is 0 Å². The highest BCUT2D eigenvalue weighted by atomic mass is 16.5. The van der Waals surface area contributed by atoms with Crippen LogP contribution in [0.15, 0.2) is 48.7 Å². The van der Waals surface area contributed by atoms with Gasteiger partial charge in [-0.25, -0.2) is 0 Å². The lowest BCUT2D eigenvalue weighted by Crippen LogP contribution is -2.37. The second kappa shape index (κ2) is 8.73. The number of carbonyl (C=O) groups excluding carboxylic acids is 3. The molecule has 0 radical (unpaired) electrons. The third-order valence-electron chi connectivity index (χ3n) is 6.84. The van der Waals surface area contributed by atoms with Gasteiger partial charge >= 0.3 is 0 Å². The van der Waals surface area contributed by atoms with Crippen molar-refractivity contribution in [2.45, 2.75) is 38.1 Å². The molecule has 0 atom stereocenters. The number of methoxy groups -OCH3 is 1. The zero-order valence-corrected chi connectivity index (χ0v) is 18.7. The average Bonchev–Trinajstić information content (AvgIpc) is 3.42. The largest absolute Gasteiger partial charge is 0.497 e. The van der Waals surface area contributed by atoms with Crippen LogP contribution >= 0.6 is 0 Å². The number of imide groups is 1. The Kier molecular flexibility index (Phi) is 5.62. The van der Waals surface area contributed by atoms with Gasteiger partial charge in [-0.1, -0.05) is 12.1 Å². The first-order valence-electron chi connectivity index (χ1n) is 11.4. The lowest BCUT2D eigenvalue weighted by Gasteiger charge is -2.32. The fraction of sp³-hybridized carbons (Fsp3) is 0.346. The third kappa shape index (κ3) is 4.11. The summed E-state index contributed by atoms with van der Waals surface area (Å²) in [6, 6.07) is 13.3. The van der Waals surface area contributed by atoms with E-state index in [9.17, 15) is 14.4 Å². The first-order chi connectivity index (χ1) is 16.0. The number of benzene rings is 2. The molecule has 2 saturated heterocycles. The molecule has 2 aliphatic heterocycles. The van der Waals surface area contributed by atoms with Crippen LogP contribution in [0.5, 0.6) is 5.75 Å². The van der Waals surface area contributed by atoms with E-state index in [1.165, 1.54) is 15.8 Å². The van der Waals surface area contributed by atoms with Gasteiger partial charge in [-0.05, 0) is 60.2 Å². The Morgan fingerprint density at radius 1 is 1.03 bits per heavy atom. The van der Waals surface area contributed by atoms with Crippen LogP contribution < -0.4 is 4.74 Å². The van der Waals surface area contributed by atoms with Crippen molar-refractivity contribution in [1.29, 1.82) is 0 Å². The summed E-state index contributed by atoms with van der Waals surface area (Å²) in [5.41, 5.74) is 3.87. The molecule has 0 saturated carbocycles. The summed E-state index contributed by atoms with van der Waals surface area (Å²) in [5.74, 6) is 1.01. The summed E-state index contributed by atoms with van der Waals surface area (Å²) in [4.78, 5) is 43.2. The fourth-order valence-corrected chi connectivity index (χ4v) is 4.90. The van der Waals surface area contributed by atoms with Crippen molar-refractivity contribution in [3.8, 4) is 5.75 Å². The SMILES string of the molecule is COc1ccc2[nH]cc(C3CCN(C(=O)c4ccc(CN5C(=O)CCC5=O)cc4)CC3)c2c1. The van der Waals surface area contributed by atoms with Gasteiger partial charge in [0.15, 0.2) is 0 Å². The number of rotatable bonds is 5. The van der Waals surface area contributed by atoms with Gasteiger partial charge in [-0.2, -0.15) is 0 Å². The fourth-order valence-electron chi connectivity index (χ4n) is 4.90. The number of fused-ring (bicyclic) bond motifs is 1. The maximum absolute atomic E-state index is 13.0. The van der Waals surface area contributed by atoms with Crippen LogP contribution in [0.25, 0.3) is 10.9 Å². The number of ether oxygens (including phenoxy) is 1. The molecule has 1 N–H and O–H groups in total. The Labute approximate surface area is 192 Å². The molecule has 7 heteroatoms. The molecule has 170 valence electrons. The summed E-state index contributed by atoms with van der Waals surface area (Å²) in [6.45, 7) is 1.68. The van der Waals surface area contributed by atoms with Crippen molar-refractivity contribution in [2.75, 3.05) is 20.2 Å². The van der Waals surface area contributed by atoms with E-state index in [1.54, 1.807) is 19.2 Å². The van der Waals surface area contributed by atoms with Crippen LogP contribution in [0.3, 0.4) is 0 Å². The standard InChI is InChI=1S/C26H27N3O4/c1-33-20-6-7-23-21(14-20)22(15-27-23)18-10-12-28(13-11-18)26(32)19-4-2-17(3-5-19)16-29-24(30)8-9-25(29)31/h2-7,14-15,18,27H,8-13,16H2,1H3. The molecule has 3 aromatic rings. The average molecular weight is 446 g/mol. The van der Waals surface area contributed by atoms with E-state index < -0.39 is 0 Å². The predicted octanol–water partition coefficient (Wildman–Crippen LogP) is 3.85. The predicted molar refractivity (Wildman–Crippen MR) is 124 cm³/mol. The molecule has 0 spiro atoms. The van der Waals surface area contributed by atoms with Crippen LogP contribution in [0.4, 0.5) is 0 Å². The number of nitrogens with one attached hydrogen (secondary N) is 1. The van der Waals surface area contributed by atoms with E-state index in [2.05, 4.69) is 17.2 Å². The van der Waals surface area contributed by atoms with Crippen molar-refractivity contribution < 1.29 is 19.1 Å². The molecule has 2 aliphatic rings. The zero-order valence-electron chi connectivity index (χ0n) is 18.7. The van der Waals surface area contributed by atoms with Crippen molar-refractivity contribution >= 4 is 28.6 Å². The summed E-state index contributed by atoms with van der Waals surface area (Å²) in [7, 11) is 1.68. The smallest absolute Gasteiger partial charge is 0.253 e. The molecule has 0 unspecified atom stereocenters. The maximum Gasteiger partial charge on any atom is 0.253 e. The number of carbonyl (C=O) groups is 3. The van der Waals surface area contributed by atoms with Crippen molar-refractivity contribution in [3.05, 3.63) is 65.4 Å². The van der Waals surface area contributed by atoms with Crippen LogP contribution in [-0.2, 0) is 16.1 Å². The number of hydrogen-bond acceptors (Lipinski definition) is 4. The Balaban J connectivity index is 1.22. The maximum atomic E-state index is 13.0. The Hall–Kier alpha value is -3.61. The van der Waals surface area contributed by atoms with E-state index in [1.807, 2.05) is 29.2 Å². The van der Waals surface area contributed by atoms with Gasteiger partial charge in [0.25, 0.3) is 5.91 Å². The van der Waals surface area contributed by atoms with Gasteiger partial charge in [0.2, 0.25) is 11.8 Å².